The van der Waals surface area contributed by atoms with Crippen molar-refractivity contribution in [3.63, 3.8) is 0 Å². The third kappa shape index (κ3) is 3.67. The molecule has 130 valence electrons. The van der Waals surface area contributed by atoms with Crippen LogP contribution in [0, 0.1) is 0 Å². The molecule has 0 saturated carbocycles. The molecule has 26 heavy (non-hydrogen) atoms. The molecule has 0 atom stereocenters. The van der Waals surface area contributed by atoms with Crippen LogP contribution in [-0.4, -0.2) is 17.6 Å². The molecule has 5 heteroatoms. The number of nitrogens with zero attached hydrogens (tertiary/aromatic N) is 2. The lowest BCUT2D eigenvalue weighted by molar-refractivity contribution is 0.215. The van der Waals surface area contributed by atoms with E-state index in [9.17, 15) is 4.79 Å². The topological polar surface area (TPSA) is 54.5 Å². The summed E-state index contributed by atoms with van der Waals surface area (Å²) < 4.78 is 5.42. The van der Waals surface area contributed by atoms with Gasteiger partial charge in [-0.1, -0.05) is 24.3 Å². The zero-order valence-corrected chi connectivity index (χ0v) is 14.3. The Morgan fingerprint density at radius 3 is 2.73 bits per heavy atom. The fourth-order valence-corrected chi connectivity index (χ4v) is 3.13. The molecule has 1 amide bonds. The summed E-state index contributed by atoms with van der Waals surface area (Å²) in [5.74, 6) is 0.553. The van der Waals surface area contributed by atoms with Gasteiger partial charge in [0.05, 0.1) is 12.2 Å². The number of anilines is 2. The number of pyridine rings is 1. The van der Waals surface area contributed by atoms with Crippen molar-refractivity contribution < 1.29 is 9.53 Å². The number of para-hydroxylation sites is 1. The van der Waals surface area contributed by atoms with Crippen LogP contribution in [0.2, 0.25) is 0 Å². The molecular formula is C21H19N3O2. The van der Waals surface area contributed by atoms with Gasteiger partial charge >= 0.3 is 6.09 Å². The number of ether oxygens (including phenoxy) is 1. The lowest BCUT2D eigenvalue weighted by Crippen LogP contribution is -2.20. The van der Waals surface area contributed by atoms with E-state index in [2.05, 4.69) is 15.2 Å². The molecule has 0 bridgehead atoms. The number of rotatable bonds is 4. The summed E-state index contributed by atoms with van der Waals surface area (Å²) in [4.78, 5) is 18.7. The molecule has 5 nitrogen and oxygen atoms in total. The minimum absolute atomic E-state index is 0.487. The van der Waals surface area contributed by atoms with Crippen LogP contribution in [0.25, 0.3) is 0 Å². The maximum absolute atomic E-state index is 12.0. The first-order valence-corrected chi connectivity index (χ1v) is 8.59. The number of amides is 1. The number of nitrogens with one attached hydrogen (secondary N) is 1. The van der Waals surface area contributed by atoms with Crippen molar-refractivity contribution in [2.75, 3.05) is 16.8 Å². The van der Waals surface area contributed by atoms with Crippen LogP contribution < -0.4 is 15.0 Å². The molecule has 0 unspecified atom stereocenters. The van der Waals surface area contributed by atoms with Gasteiger partial charge < -0.3 is 9.64 Å². The van der Waals surface area contributed by atoms with Gasteiger partial charge in [0.25, 0.3) is 0 Å². The number of carbonyl (C=O) groups excluding carboxylic acids is 1. The number of aromatic nitrogens is 1. The van der Waals surface area contributed by atoms with Crippen molar-refractivity contribution >= 4 is 17.5 Å². The van der Waals surface area contributed by atoms with Gasteiger partial charge in [0.15, 0.2) is 0 Å². The Labute approximate surface area is 152 Å². The smallest absolute Gasteiger partial charge is 0.410 e. The van der Waals surface area contributed by atoms with Crippen molar-refractivity contribution in [2.24, 2.45) is 0 Å². The van der Waals surface area contributed by atoms with E-state index in [-0.39, 0.29) is 0 Å². The molecule has 4 rings (SSSR count). The summed E-state index contributed by atoms with van der Waals surface area (Å²) in [6.45, 7) is 1.72. The fraction of sp³-hybridized carbons (Fsp3) is 0.143. The molecule has 0 aliphatic carbocycles. The number of benzene rings is 2. The van der Waals surface area contributed by atoms with Gasteiger partial charge in [0.1, 0.15) is 5.75 Å². The standard InChI is InChI=1S/C21H19N3O2/c25-21(23-17-6-2-1-3-7-17)26-19-9-10-20-16(14-19)11-13-24(20)15-18-8-4-5-12-22-18/h1-10,12,14H,11,13,15H2,(H,23,25). The molecule has 3 aromatic rings. The summed E-state index contributed by atoms with van der Waals surface area (Å²) in [6.07, 6.45) is 2.26. The molecule has 0 fully saturated rings. The minimum Gasteiger partial charge on any atom is -0.410 e. The molecule has 1 aliphatic heterocycles. The predicted molar refractivity (Wildman–Crippen MR) is 102 cm³/mol. The van der Waals surface area contributed by atoms with E-state index in [1.165, 1.54) is 11.3 Å². The molecule has 1 N–H and O–H groups in total. The fourth-order valence-electron chi connectivity index (χ4n) is 3.13. The van der Waals surface area contributed by atoms with Crippen LogP contribution in [0.5, 0.6) is 5.75 Å². The second-order valence-corrected chi connectivity index (χ2v) is 6.16. The van der Waals surface area contributed by atoms with E-state index in [1.54, 1.807) is 0 Å². The highest BCUT2D eigenvalue weighted by atomic mass is 16.6. The zero-order chi connectivity index (χ0) is 17.8. The zero-order valence-electron chi connectivity index (χ0n) is 14.3. The predicted octanol–water partition coefficient (Wildman–Crippen LogP) is 4.26. The second kappa shape index (κ2) is 7.27. The van der Waals surface area contributed by atoms with Gasteiger partial charge in [0, 0.05) is 24.1 Å². The average molecular weight is 345 g/mol. The highest BCUT2D eigenvalue weighted by molar-refractivity contribution is 5.86. The maximum atomic E-state index is 12.0. The van der Waals surface area contributed by atoms with E-state index < -0.39 is 6.09 Å². The van der Waals surface area contributed by atoms with Crippen LogP contribution >= 0.6 is 0 Å². The number of hydrogen-bond acceptors (Lipinski definition) is 4. The van der Waals surface area contributed by atoms with Gasteiger partial charge in [-0.25, -0.2) is 4.79 Å². The van der Waals surface area contributed by atoms with Crippen LogP contribution in [0.3, 0.4) is 0 Å². The highest BCUT2D eigenvalue weighted by Gasteiger charge is 2.20. The third-order valence-corrected chi connectivity index (χ3v) is 4.35. The molecule has 1 aliphatic rings. The van der Waals surface area contributed by atoms with Crippen LogP contribution in [0.4, 0.5) is 16.2 Å². The Hall–Kier alpha value is -3.34. The Bertz CT molecular complexity index is 898. The van der Waals surface area contributed by atoms with Gasteiger partial charge in [-0.2, -0.15) is 0 Å². The summed E-state index contributed by atoms with van der Waals surface area (Å²) in [6, 6.07) is 21.0. The highest BCUT2D eigenvalue weighted by Crippen LogP contribution is 2.32. The summed E-state index contributed by atoms with van der Waals surface area (Å²) in [5, 5.41) is 2.72. The average Bonchev–Trinajstić information content (AvgIpc) is 3.05. The lowest BCUT2D eigenvalue weighted by Gasteiger charge is -2.19. The van der Waals surface area contributed by atoms with Crippen molar-refractivity contribution in [3.05, 3.63) is 84.2 Å². The van der Waals surface area contributed by atoms with Crippen LogP contribution in [0.15, 0.2) is 72.9 Å². The van der Waals surface area contributed by atoms with E-state index in [4.69, 9.17) is 4.74 Å². The summed E-state index contributed by atoms with van der Waals surface area (Å²) in [5.41, 5.74) is 4.11. The Kier molecular flexibility index (Phi) is 4.51. The van der Waals surface area contributed by atoms with Gasteiger partial charge in [-0.15, -0.1) is 0 Å². The number of hydrogen-bond donors (Lipinski definition) is 1. The third-order valence-electron chi connectivity index (χ3n) is 4.35. The largest absolute Gasteiger partial charge is 0.417 e. The Morgan fingerprint density at radius 2 is 1.92 bits per heavy atom. The molecule has 0 spiro atoms. The SMILES string of the molecule is O=C(Nc1ccccc1)Oc1ccc2c(c1)CCN2Cc1ccccn1. The summed E-state index contributed by atoms with van der Waals surface area (Å²) in [7, 11) is 0. The van der Waals surface area contributed by atoms with Gasteiger partial charge in [-0.05, 0) is 54.4 Å². The van der Waals surface area contributed by atoms with E-state index in [0.717, 1.165) is 25.2 Å². The molecule has 0 saturated heterocycles. The first-order chi connectivity index (χ1) is 12.8. The van der Waals surface area contributed by atoms with Crippen molar-refractivity contribution in [2.45, 2.75) is 13.0 Å². The molecule has 0 radical (unpaired) electrons. The lowest BCUT2D eigenvalue weighted by atomic mass is 10.1. The molecule has 2 aromatic carbocycles. The second-order valence-electron chi connectivity index (χ2n) is 6.16. The normalized spacial score (nSPS) is 12.5. The molecular weight excluding hydrogens is 326 g/mol. The van der Waals surface area contributed by atoms with Gasteiger partial charge in [0.2, 0.25) is 0 Å². The van der Waals surface area contributed by atoms with E-state index >= 15 is 0 Å². The first kappa shape index (κ1) is 16.1. The maximum Gasteiger partial charge on any atom is 0.417 e. The quantitative estimate of drug-likeness (QED) is 0.768. The number of carbonyl (C=O) groups is 1. The summed E-state index contributed by atoms with van der Waals surface area (Å²) >= 11 is 0. The monoisotopic (exact) mass is 345 g/mol. The van der Waals surface area contributed by atoms with Crippen LogP contribution in [0.1, 0.15) is 11.3 Å². The van der Waals surface area contributed by atoms with Crippen molar-refractivity contribution in [3.8, 4) is 5.75 Å². The van der Waals surface area contributed by atoms with Gasteiger partial charge in [-0.3, -0.25) is 10.3 Å². The molecule has 2 heterocycles. The first-order valence-electron chi connectivity index (χ1n) is 8.59. The minimum atomic E-state index is -0.487. The number of fused-ring (bicyclic) bond motifs is 1. The van der Waals surface area contributed by atoms with Crippen molar-refractivity contribution in [1.82, 2.24) is 4.98 Å². The Morgan fingerprint density at radius 1 is 1.08 bits per heavy atom. The van der Waals surface area contributed by atoms with E-state index in [1.807, 2.05) is 72.9 Å². The van der Waals surface area contributed by atoms with Crippen LogP contribution in [-0.2, 0) is 13.0 Å². The molecule has 1 aromatic heterocycles. The Balaban J connectivity index is 1.42. The van der Waals surface area contributed by atoms with Crippen molar-refractivity contribution in [1.29, 1.82) is 0 Å². The van der Waals surface area contributed by atoms with E-state index in [0.29, 0.717) is 11.4 Å².